The summed E-state index contributed by atoms with van der Waals surface area (Å²) in [6.07, 6.45) is -2.03. The molecule has 0 amide bonds. The summed E-state index contributed by atoms with van der Waals surface area (Å²) in [4.78, 5) is 14.2. The van der Waals surface area contributed by atoms with Crippen molar-refractivity contribution >= 4 is 32.3 Å². The lowest BCUT2D eigenvalue weighted by atomic mass is 10.1. The van der Waals surface area contributed by atoms with Crippen molar-refractivity contribution < 1.29 is 21.6 Å². The van der Waals surface area contributed by atoms with Crippen molar-refractivity contribution in [2.24, 2.45) is 7.05 Å². The third kappa shape index (κ3) is 3.77. The molecular weight excluding hydrogens is 471 g/mol. The number of alkyl halides is 3. The summed E-state index contributed by atoms with van der Waals surface area (Å²) < 4.78 is 68.6. The lowest BCUT2D eigenvalue weighted by Crippen LogP contribution is -2.39. The Morgan fingerprint density at radius 2 is 1.82 bits per heavy atom. The second-order valence-electron chi connectivity index (χ2n) is 8.90. The molecule has 0 unspecified atom stereocenters. The Hall–Kier alpha value is -3.22. The second-order valence-corrected chi connectivity index (χ2v) is 11.1. The maximum atomic E-state index is 13.2. The molecule has 9 nitrogen and oxygen atoms in total. The highest BCUT2D eigenvalue weighted by Crippen LogP contribution is 2.36. The predicted octanol–water partition coefficient (Wildman–Crippen LogP) is 3.73. The quantitative estimate of drug-likeness (QED) is 0.426. The third-order valence-electron chi connectivity index (χ3n) is 5.77. The first-order valence-electron chi connectivity index (χ1n) is 10.4. The molecule has 0 saturated heterocycles. The second kappa shape index (κ2) is 7.65. The monoisotopic (exact) mass is 495 g/mol. The van der Waals surface area contributed by atoms with Gasteiger partial charge in [-0.3, -0.25) is 0 Å². The Morgan fingerprint density at radius 1 is 1.15 bits per heavy atom. The fourth-order valence-corrected chi connectivity index (χ4v) is 4.50. The van der Waals surface area contributed by atoms with Gasteiger partial charge in [-0.2, -0.15) is 22.8 Å². The number of aromatic nitrogens is 6. The molecule has 0 radical (unpaired) electrons. The molecule has 34 heavy (non-hydrogen) atoms. The average molecular weight is 496 g/mol. The Labute approximate surface area is 194 Å². The zero-order valence-electron chi connectivity index (χ0n) is 19.5. The van der Waals surface area contributed by atoms with Gasteiger partial charge in [0.1, 0.15) is 22.9 Å². The van der Waals surface area contributed by atoms with E-state index in [4.69, 9.17) is 0 Å². The fourth-order valence-electron chi connectivity index (χ4n) is 3.53. The summed E-state index contributed by atoms with van der Waals surface area (Å²) in [5.41, 5.74) is -0.714. The minimum absolute atomic E-state index is 0.0296. The summed E-state index contributed by atoms with van der Waals surface area (Å²) in [6.45, 7) is 7.46. The van der Waals surface area contributed by atoms with E-state index in [0.717, 1.165) is 12.3 Å². The Kier molecular flexibility index (Phi) is 5.38. The molecule has 0 aromatic carbocycles. The summed E-state index contributed by atoms with van der Waals surface area (Å²) in [5.74, 6) is 0.496. The van der Waals surface area contributed by atoms with Gasteiger partial charge in [0.05, 0.1) is 23.0 Å². The molecule has 4 heterocycles. The van der Waals surface area contributed by atoms with Crippen LogP contribution in [-0.2, 0) is 23.1 Å². The number of hydrogen-bond donors (Lipinski definition) is 0. The van der Waals surface area contributed by atoms with Crippen molar-refractivity contribution in [3.63, 3.8) is 0 Å². The smallest absolute Gasteiger partial charge is 0.355 e. The first-order valence-corrected chi connectivity index (χ1v) is 12.1. The largest absolute Gasteiger partial charge is 0.433 e. The number of aryl methyl sites for hydroxylation is 1. The van der Waals surface area contributed by atoms with Gasteiger partial charge in [0.2, 0.25) is 0 Å². The zero-order chi connectivity index (χ0) is 25.2. The van der Waals surface area contributed by atoms with Gasteiger partial charge in [0.15, 0.2) is 20.5 Å². The molecule has 4 aromatic heterocycles. The summed E-state index contributed by atoms with van der Waals surface area (Å²) in [5, 5.41) is 4.17. The predicted molar refractivity (Wildman–Crippen MR) is 121 cm³/mol. The molecule has 0 spiro atoms. The van der Waals surface area contributed by atoms with Gasteiger partial charge in [0.25, 0.3) is 0 Å². The van der Waals surface area contributed by atoms with E-state index in [1.807, 2.05) is 32.7 Å². The Morgan fingerprint density at radius 3 is 2.41 bits per heavy atom. The van der Waals surface area contributed by atoms with E-state index < -0.39 is 21.7 Å². The van der Waals surface area contributed by atoms with Crippen molar-refractivity contribution in [1.82, 2.24) is 29.1 Å². The fraction of sp³-hybridized carbons (Fsp3) is 0.429. The number of imidazole rings is 1. The van der Waals surface area contributed by atoms with Crippen LogP contribution in [0.5, 0.6) is 0 Å². The van der Waals surface area contributed by atoms with Gasteiger partial charge in [-0.1, -0.05) is 6.92 Å². The van der Waals surface area contributed by atoms with Crippen LogP contribution in [0.1, 0.15) is 33.4 Å². The zero-order valence-corrected chi connectivity index (χ0v) is 20.3. The Bertz CT molecular complexity index is 1520. The van der Waals surface area contributed by atoms with Crippen LogP contribution in [-0.4, -0.2) is 55.9 Å². The molecule has 0 N–H and O–H groups in total. The highest BCUT2D eigenvalue weighted by Gasteiger charge is 2.34. The van der Waals surface area contributed by atoms with Crippen molar-refractivity contribution in [2.45, 2.75) is 44.4 Å². The SMILES string of the molecule is CCS(=O)(=O)c1nn2c(N(C)C(C)(C)C)ccnc2c1-c1nc2cc(C(F)(F)F)ncc2n1C. The molecule has 0 atom stereocenters. The highest BCUT2D eigenvalue weighted by molar-refractivity contribution is 7.91. The minimum Gasteiger partial charge on any atom is -0.355 e. The van der Waals surface area contributed by atoms with E-state index in [1.54, 1.807) is 13.1 Å². The first-order chi connectivity index (χ1) is 15.7. The molecule has 4 rings (SSSR count). The lowest BCUT2D eigenvalue weighted by Gasteiger charge is -2.33. The van der Waals surface area contributed by atoms with Gasteiger partial charge in [-0.15, -0.1) is 0 Å². The third-order valence-corrected chi connectivity index (χ3v) is 7.41. The van der Waals surface area contributed by atoms with E-state index in [9.17, 15) is 21.6 Å². The van der Waals surface area contributed by atoms with Gasteiger partial charge in [0, 0.05) is 25.8 Å². The number of rotatable bonds is 4. The number of nitrogens with zero attached hydrogens (tertiary/aromatic N) is 7. The van der Waals surface area contributed by atoms with E-state index >= 15 is 0 Å². The molecule has 0 aliphatic heterocycles. The van der Waals surface area contributed by atoms with Crippen molar-refractivity contribution in [2.75, 3.05) is 17.7 Å². The maximum absolute atomic E-state index is 13.2. The summed E-state index contributed by atoms with van der Waals surface area (Å²) in [7, 11) is -0.411. The molecule has 0 aliphatic carbocycles. The number of fused-ring (bicyclic) bond motifs is 2. The number of halogens is 3. The van der Waals surface area contributed by atoms with Crippen molar-refractivity contribution in [3.8, 4) is 11.4 Å². The van der Waals surface area contributed by atoms with E-state index in [2.05, 4.69) is 20.1 Å². The van der Waals surface area contributed by atoms with Crippen LogP contribution >= 0.6 is 0 Å². The van der Waals surface area contributed by atoms with Crippen LogP contribution in [0.2, 0.25) is 0 Å². The van der Waals surface area contributed by atoms with Crippen molar-refractivity contribution in [3.05, 3.63) is 30.2 Å². The van der Waals surface area contributed by atoms with E-state index in [1.165, 1.54) is 22.2 Å². The van der Waals surface area contributed by atoms with Gasteiger partial charge >= 0.3 is 6.18 Å². The number of hydrogen-bond acceptors (Lipinski definition) is 7. The van der Waals surface area contributed by atoms with Gasteiger partial charge in [-0.05, 0) is 32.9 Å². The molecule has 13 heteroatoms. The van der Waals surface area contributed by atoms with Crippen LogP contribution in [0.3, 0.4) is 0 Å². The topological polar surface area (TPSA) is 98.3 Å². The number of anilines is 1. The molecule has 0 bridgehead atoms. The maximum Gasteiger partial charge on any atom is 0.433 e. The van der Waals surface area contributed by atoms with Crippen LogP contribution in [0.4, 0.5) is 19.0 Å². The number of sulfone groups is 1. The molecule has 0 aliphatic rings. The first kappa shape index (κ1) is 23.9. The highest BCUT2D eigenvalue weighted by atomic mass is 32.2. The Balaban J connectivity index is 2.08. The van der Waals surface area contributed by atoms with E-state index in [0.29, 0.717) is 11.3 Å². The van der Waals surface area contributed by atoms with Crippen LogP contribution in [0.25, 0.3) is 28.1 Å². The molecule has 0 saturated carbocycles. The van der Waals surface area contributed by atoms with Crippen LogP contribution in [0, 0.1) is 0 Å². The molecule has 4 aromatic rings. The molecular formula is C21H24F3N7O2S. The normalized spacial score (nSPS) is 13.2. The van der Waals surface area contributed by atoms with Crippen LogP contribution in [0.15, 0.2) is 29.6 Å². The van der Waals surface area contributed by atoms with Gasteiger partial charge in [-0.25, -0.2) is 23.4 Å². The van der Waals surface area contributed by atoms with Crippen molar-refractivity contribution in [1.29, 1.82) is 0 Å². The lowest BCUT2D eigenvalue weighted by molar-refractivity contribution is -0.141. The molecule has 0 fully saturated rings. The molecule has 182 valence electrons. The van der Waals surface area contributed by atoms with Gasteiger partial charge < -0.3 is 9.47 Å². The standard InChI is InChI=1S/C21H24F3N7O2S/c1-7-34(32,33)19-16(17-25-9-8-15(31(17)28-19)30(6)20(2,3)4)18-27-12-10-14(21(22,23)24)26-11-13(12)29(18)5/h8-11H,7H2,1-6H3. The summed E-state index contributed by atoms with van der Waals surface area (Å²) >= 11 is 0. The minimum atomic E-state index is -4.64. The summed E-state index contributed by atoms with van der Waals surface area (Å²) in [6, 6.07) is 2.55. The number of pyridine rings is 1. The van der Waals surface area contributed by atoms with E-state index in [-0.39, 0.29) is 38.9 Å². The average Bonchev–Trinajstić information content (AvgIpc) is 3.29. The van der Waals surface area contributed by atoms with Crippen LogP contribution < -0.4 is 4.90 Å².